The second-order valence-electron chi connectivity index (χ2n) is 1.69. The van der Waals surface area contributed by atoms with Gasteiger partial charge >= 0.3 is 5.97 Å². The normalized spacial score (nSPS) is 8.25. The fourth-order valence-corrected chi connectivity index (χ4v) is 0.360. The number of hydrogen-bond acceptors (Lipinski definition) is 2. The molecule has 2 nitrogen and oxygen atoms in total. The zero-order valence-corrected chi connectivity index (χ0v) is 5.44. The van der Waals surface area contributed by atoms with E-state index in [2.05, 4.69) is 11.6 Å². The molecule has 0 heterocycles. The van der Waals surface area contributed by atoms with Crippen molar-refractivity contribution >= 4 is 13.2 Å². The first kappa shape index (κ1) is 7.53. The van der Waals surface area contributed by atoms with Crippen LogP contribution in [0.5, 0.6) is 0 Å². The van der Waals surface area contributed by atoms with Gasteiger partial charge in [-0.15, -0.1) is 0 Å². The lowest BCUT2D eigenvalue weighted by Gasteiger charge is -1.95. The molecule has 0 aromatic heterocycles. The van der Waals surface area contributed by atoms with Crippen LogP contribution in [0, 0.1) is 0 Å². The van der Waals surface area contributed by atoms with E-state index in [1.807, 2.05) is 0 Å². The molecule has 0 rings (SSSR count). The lowest BCUT2D eigenvalue weighted by molar-refractivity contribution is -0.140. The first-order chi connectivity index (χ1) is 3.77. The number of rotatable bonds is 3. The van der Waals surface area contributed by atoms with Crippen LogP contribution < -0.4 is 0 Å². The van der Waals surface area contributed by atoms with Gasteiger partial charge in [0.25, 0.3) is 0 Å². The summed E-state index contributed by atoms with van der Waals surface area (Å²) in [6, 6.07) is 0. The second-order valence-corrected chi connectivity index (χ2v) is 1.69. The quantitative estimate of drug-likeness (QED) is 0.302. The standard InChI is InChI=1S/C5H11BO2/c1-5(7)8-4-3-6-2/h6H,3-4H2,1-2H3. The van der Waals surface area contributed by atoms with E-state index in [0.717, 1.165) is 13.6 Å². The van der Waals surface area contributed by atoms with Crippen molar-refractivity contribution in [1.29, 1.82) is 0 Å². The van der Waals surface area contributed by atoms with Gasteiger partial charge in [-0.1, -0.05) is 6.82 Å². The van der Waals surface area contributed by atoms with Gasteiger partial charge in [0.15, 0.2) is 0 Å². The molecule has 8 heavy (non-hydrogen) atoms. The summed E-state index contributed by atoms with van der Waals surface area (Å²) in [6.45, 7) is 4.06. The van der Waals surface area contributed by atoms with E-state index >= 15 is 0 Å². The lowest BCUT2D eigenvalue weighted by Crippen LogP contribution is -2.01. The Hall–Kier alpha value is -0.465. The number of esters is 1. The Labute approximate surface area is 50.5 Å². The first-order valence-corrected chi connectivity index (χ1v) is 2.90. The average molecular weight is 114 g/mol. The summed E-state index contributed by atoms with van der Waals surface area (Å²) in [6.07, 6.45) is 0.972. The van der Waals surface area contributed by atoms with Crippen LogP contribution in [0.15, 0.2) is 0 Å². The first-order valence-electron chi connectivity index (χ1n) is 2.90. The monoisotopic (exact) mass is 114 g/mol. The summed E-state index contributed by atoms with van der Waals surface area (Å²) in [5.74, 6) is -0.182. The molecule has 0 bridgehead atoms. The molecule has 0 amide bonds. The molecule has 0 atom stereocenters. The van der Waals surface area contributed by atoms with Gasteiger partial charge in [-0.2, -0.15) is 0 Å². The van der Waals surface area contributed by atoms with Crippen molar-refractivity contribution in [3.63, 3.8) is 0 Å². The van der Waals surface area contributed by atoms with Crippen LogP contribution in [-0.2, 0) is 9.53 Å². The summed E-state index contributed by atoms with van der Waals surface area (Å²) in [5.41, 5.74) is 0. The van der Waals surface area contributed by atoms with Crippen molar-refractivity contribution in [1.82, 2.24) is 0 Å². The zero-order valence-electron chi connectivity index (χ0n) is 5.44. The van der Waals surface area contributed by atoms with Crippen LogP contribution >= 0.6 is 0 Å². The van der Waals surface area contributed by atoms with E-state index in [1.54, 1.807) is 0 Å². The third-order valence-corrected chi connectivity index (χ3v) is 0.803. The molecule has 0 N–H and O–H groups in total. The number of carbonyl (C=O) groups excluding carboxylic acids is 1. The third kappa shape index (κ3) is 5.53. The molecule has 3 heteroatoms. The number of carbonyl (C=O) groups is 1. The van der Waals surface area contributed by atoms with Crippen molar-refractivity contribution in [3.8, 4) is 0 Å². The maximum Gasteiger partial charge on any atom is 0.302 e. The molecule has 0 spiro atoms. The van der Waals surface area contributed by atoms with Crippen LogP contribution in [0.4, 0.5) is 0 Å². The molecule has 0 saturated heterocycles. The molecule has 0 aliphatic rings. The van der Waals surface area contributed by atoms with E-state index in [4.69, 9.17) is 0 Å². The Balaban J connectivity index is 2.82. The topological polar surface area (TPSA) is 26.3 Å². The molecule has 0 unspecified atom stereocenters. The smallest absolute Gasteiger partial charge is 0.302 e. The molecule has 0 aliphatic heterocycles. The van der Waals surface area contributed by atoms with Gasteiger partial charge in [0.1, 0.15) is 7.28 Å². The molecule has 0 saturated carbocycles. The lowest BCUT2D eigenvalue weighted by atomic mass is 9.79. The van der Waals surface area contributed by atoms with Gasteiger partial charge in [0, 0.05) is 6.92 Å². The Bertz CT molecular complexity index is 72.8. The second kappa shape index (κ2) is 4.69. The van der Waals surface area contributed by atoms with Crippen LogP contribution in [0.1, 0.15) is 6.92 Å². The highest BCUT2D eigenvalue weighted by Crippen LogP contribution is 1.81. The Morgan fingerprint density at radius 2 is 2.38 bits per heavy atom. The molecule has 0 aromatic carbocycles. The maximum absolute atomic E-state index is 10.1. The molecule has 0 aliphatic carbocycles. The molecule has 0 fully saturated rings. The summed E-state index contributed by atoms with van der Waals surface area (Å²) in [4.78, 5) is 10.1. The fraction of sp³-hybridized carbons (Fsp3) is 0.800. The van der Waals surface area contributed by atoms with E-state index in [0.29, 0.717) is 6.61 Å². The molecular formula is C5H11BO2. The summed E-state index contributed by atoms with van der Waals surface area (Å²) in [7, 11) is 1.08. The highest BCUT2D eigenvalue weighted by Gasteiger charge is 1.88. The van der Waals surface area contributed by atoms with Gasteiger partial charge in [0.2, 0.25) is 0 Å². The van der Waals surface area contributed by atoms with Crippen LogP contribution in [0.2, 0.25) is 13.1 Å². The largest absolute Gasteiger partial charge is 0.467 e. The Morgan fingerprint density at radius 3 is 2.75 bits per heavy atom. The highest BCUT2D eigenvalue weighted by atomic mass is 16.5. The van der Waals surface area contributed by atoms with Gasteiger partial charge in [-0.05, 0) is 6.32 Å². The summed E-state index contributed by atoms with van der Waals surface area (Å²) < 4.78 is 4.64. The van der Waals surface area contributed by atoms with E-state index < -0.39 is 0 Å². The SMILES string of the molecule is CBCCOC(C)=O. The van der Waals surface area contributed by atoms with Crippen molar-refractivity contribution in [2.24, 2.45) is 0 Å². The Morgan fingerprint density at radius 1 is 1.75 bits per heavy atom. The van der Waals surface area contributed by atoms with Crippen LogP contribution in [0.25, 0.3) is 0 Å². The fourth-order valence-electron chi connectivity index (χ4n) is 0.360. The maximum atomic E-state index is 10.1. The minimum absolute atomic E-state index is 0.182. The van der Waals surface area contributed by atoms with Gasteiger partial charge in [-0.25, -0.2) is 0 Å². The van der Waals surface area contributed by atoms with Crippen LogP contribution in [0.3, 0.4) is 0 Å². The van der Waals surface area contributed by atoms with Crippen LogP contribution in [-0.4, -0.2) is 19.9 Å². The molecular weight excluding hydrogens is 103 g/mol. The Kier molecular flexibility index (Phi) is 4.42. The molecule has 0 radical (unpaired) electrons. The van der Waals surface area contributed by atoms with Gasteiger partial charge in [0.05, 0.1) is 6.61 Å². The van der Waals surface area contributed by atoms with E-state index in [1.165, 1.54) is 6.92 Å². The van der Waals surface area contributed by atoms with Gasteiger partial charge in [-0.3, -0.25) is 4.79 Å². The third-order valence-electron chi connectivity index (χ3n) is 0.803. The van der Waals surface area contributed by atoms with Crippen molar-refractivity contribution < 1.29 is 9.53 Å². The highest BCUT2D eigenvalue weighted by molar-refractivity contribution is 6.33. The summed E-state index contributed by atoms with van der Waals surface area (Å²) >= 11 is 0. The van der Waals surface area contributed by atoms with Crippen molar-refractivity contribution in [2.45, 2.75) is 20.1 Å². The minimum Gasteiger partial charge on any atom is -0.467 e. The predicted octanol–water partition coefficient (Wildman–Crippen LogP) is 0.452. The van der Waals surface area contributed by atoms with Gasteiger partial charge < -0.3 is 4.74 Å². The number of hydrogen-bond donors (Lipinski definition) is 0. The average Bonchev–Trinajstić information content (AvgIpc) is 1.66. The number of ether oxygens (including phenoxy) is 1. The molecule has 0 aromatic rings. The van der Waals surface area contributed by atoms with E-state index in [-0.39, 0.29) is 5.97 Å². The zero-order chi connectivity index (χ0) is 6.41. The van der Waals surface area contributed by atoms with Crippen molar-refractivity contribution in [3.05, 3.63) is 0 Å². The predicted molar refractivity (Wildman–Crippen MR) is 34.5 cm³/mol. The molecule has 46 valence electrons. The summed E-state index contributed by atoms with van der Waals surface area (Å²) in [5, 5.41) is 0. The minimum atomic E-state index is -0.182. The van der Waals surface area contributed by atoms with E-state index in [9.17, 15) is 4.79 Å². The van der Waals surface area contributed by atoms with Crippen molar-refractivity contribution in [2.75, 3.05) is 6.61 Å².